The first-order chi connectivity index (χ1) is 6.06. The van der Waals surface area contributed by atoms with E-state index in [2.05, 4.69) is 15.9 Å². The minimum absolute atomic E-state index is 0.0318. The minimum Gasteiger partial charge on any atom is -0.294 e. The van der Waals surface area contributed by atoms with Gasteiger partial charge < -0.3 is 0 Å². The van der Waals surface area contributed by atoms with Crippen LogP contribution in [0.15, 0.2) is 16.6 Å². The average molecular weight is 245 g/mol. The van der Waals surface area contributed by atoms with Gasteiger partial charge in [-0.3, -0.25) is 4.79 Å². The normalized spacial score (nSPS) is 10.2. The number of carbonyl (C=O) groups excluding carboxylic acids is 1. The summed E-state index contributed by atoms with van der Waals surface area (Å²) in [4.78, 5) is 11.4. The molecular weight excluding hydrogens is 235 g/mol. The van der Waals surface area contributed by atoms with Gasteiger partial charge in [-0.1, -0.05) is 6.92 Å². The Bertz CT molecular complexity index is 324. The van der Waals surface area contributed by atoms with Crippen molar-refractivity contribution in [2.24, 2.45) is 0 Å². The van der Waals surface area contributed by atoms with Crippen molar-refractivity contribution in [1.29, 1.82) is 0 Å². The molecule has 0 heterocycles. The van der Waals surface area contributed by atoms with E-state index in [1.54, 1.807) is 13.8 Å². The van der Waals surface area contributed by atoms with Crippen LogP contribution in [0.4, 0.5) is 4.39 Å². The third kappa shape index (κ3) is 2.15. The molecule has 0 spiro atoms. The lowest BCUT2D eigenvalue weighted by molar-refractivity contribution is 0.0987. The van der Waals surface area contributed by atoms with Crippen LogP contribution in [0.2, 0.25) is 0 Å². The maximum absolute atomic E-state index is 12.8. The number of carbonyl (C=O) groups is 1. The highest BCUT2D eigenvalue weighted by molar-refractivity contribution is 9.10. The highest BCUT2D eigenvalue weighted by Gasteiger charge is 2.12. The maximum Gasteiger partial charge on any atom is 0.164 e. The zero-order chi connectivity index (χ0) is 10.0. The van der Waals surface area contributed by atoms with Crippen molar-refractivity contribution >= 4 is 21.7 Å². The van der Waals surface area contributed by atoms with Crippen molar-refractivity contribution in [2.75, 3.05) is 0 Å². The van der Waals surface area contributed by atoms with Crippen LogP contribution in [0.1, 0.15) is 29.3 Å². The lowest BCUT2D eigenvalue weighted by atomic mass is 10.0. The second kappa shape index (κ2) is 4.01. The monoisotopic (exact) mass is 244 g/mol. The Morgan fingerprint density at radius 2 is 2.15 bits per heavy atom. The van der Waals surface area contributed by atoms with E-state index in [0.717, 1.165) is 0 Å². The molecule has 0 saturated carbocycles. The van der Waals surface area contributed by atoms with Crippen molar-refractivity contribution in [3.05, 3.63) is 33.5 Å². The van der Waals surface area contributed by atoms with Gasteiger partial charge in [-0.25, -0.2) is 4.39 Å². The Hall–Kier alpha value is -0.700. The summed E-state index contributed by atoms with van der Waals surface area (Å²) in [5, 5.41) is 0. The van der Waals surface area contributed by atoms with Gasteiger partial charge in [0.25, 0.3) is 0 Å². The minimum atomic E-state index is -0.322. The molecule has 0 aliphatic carbocycles. The third-order valence-electron chi connectivity index (χ3n) is 1.85. The predicted octanol–water partition coefficient (Wildman–Crippen LogP) is 3.49. The summed E-state index contributed by atoms with van der Waals surface area (Å²) in [6, 6.07) is 2.68. The van der Waals surface area contributed by atoms with E-state index in [9.17, 15) is 9.18 Å². The van der Waals surface area contributed by atoms with Gasteiger partial charge in [0.05, 0.1) is 0 Å². The first-order valence-corrected chi connectivity index (χ1v) is 4.84. The predicted molar refractivity (Wildman–Crippen MR) is 53.5 cm³/mol. The number of aryl methyl sites for hydroxylation is 1. The molecule has 0 aliphatic rings. The second-order valence-corrected chi connectivity index (χ2v) is 3.71. The molecule has 13 heavy (non-hydrogen) atoms. The summed E-state index contributed by atoms with van der Waals surface area (Å²) >= 11 is 3.18. The van der Waals surface area contributed by atoms with E-state index < -0.39 is 0 Å². The van der Waals surface area contributed by atoms with Crippen molar-refractivity contribution in [3.8, 4) is 0 Å². The molecule has 0 atom stereocenters. The summed E-state index contributed by atoms with van der Waals surface area (Å²) in [6.45, 7) is 3.52. The first kappa shape index (κ1) is 10.4. The number of rotatable bonds is 2. The van der Waals surface area contributed by atoms with E-state index in [4.69, 9.17) is 0 Å². The van der Waals surface area contributed by atoms with Crippen molar-refractivity contribution in [3.63, 3.8) is 0 Å². The zero-order valence-electron chi connectivity index (χ0n) is 7.53. The summed E-state index contributed by atoms with van der Waals surface area (Å²) in [5.41, 5.74) is 1.27. The molecule has 1 aromatic rings. The van der Waals surface area contributed by atoms with Gasteiger partial charge in [-0.05, 0) is 40.5 Å². The van der Waals surface area contributed by atoms with Crippen molar-refractivity contribution in [1.82, 2.24) is 0 Å². The molecule has 0 amide bonds. The Morgan fingerprint density at radius 3 is 2.62 bits per heavy atom. The summed E-state index contributed by atoms with van der Waals surface area (Å²) in [7, 11) is 0. The fourth-order valence-corrected chi connectivity index (χ4v) is 1.98. The molecule has 1 nitrogen and oxygen atoms in total. The molecule has 0 N–H and O–H groups in total. The molecular formula is C10H10BrFO. The Labute approximate surface area is 85.1 Å². The van der Waals surface area contributed by atoms with Crippen LogP contribution in [0.5, 0.6) is 0 Å². The average Bonchev–Trinajstić information content (AvgIpc) is 2.02. The fraction of sp³-hybridized carbons (Fsp3) is 0.300. The van der Waals surface area contributed by atoms with Gasteiger partial charge in [0.1, 0.15) is 5.82 Å². The van der Waals surface area contributed by atoms with Crippen LogP contribution in [-0.4, -0.2) is 5.78 Å². The van der Waals surface area contributed by atoms with Gasteiger partial charge in [-0.2, -0.15) is 0 Å². The molecule has 0 aliphatic heterocycles. The molecule has 0 aromatic heterocycles. The van der Waals surface area contributed by atoms with Crippen LogP contribution in [0.3, 0.4) is 0 Å². The largest absolute Gasteiger partial charge is 0.294 e. The summed E-state index contributed by atoms with van der Waals surface area (Å²) < 4.78 is 13.4. The third-order valence-corrected chi connectivity index (χ3v) is 2.48. The second-order valence-electron chi connectivity index (χ2n) is 2.86. The lowest BCUT2D eigenvalue weighted by Crippen LogP contribution is -2.01. The molecule has 0 radical (unpaired) electrons. The number of ketones is 1. The highest BCUT2D eigenvalue weighted by atomic mass is 79.9. The van der Waals surface area contributed by atoms with Crippen molar-refractivity contribution < 1.29 is 9.18 Å². The smallest absolute Gasteiger partial charge is 0.164 e. The van der Waals surface area contributed by atoms with Crippen molar-refractivity contribution in [2.45, 2.75) is 20.3 Å². The molecule has 0 bridgehead atoms. The molecule has 3 heteroatoms. The van der Waals surface area contributed by atoms with E-state index in [1.807, 2.05) is 0 Å². The molecule has 1 aromatic carbocycles. The number of hydrogen-bond donors (Lipinski definition) is 0. The van der Waals surface area contributed by atoms with E-state index >= 15 is 0 Å². The molecule has 0 fully saturated rings. The number of benzene rings is 1. The topological polar surface area (TPSA) is 17.1 Å². The number of hydrogen-bond acceptors (Lipinski definition) is 1. The fourth-order valence-electron chi connectivity index (χ4n) is 1.23. The Balaban J connectivity index is 3.28. The molecule has 0 unspecified atom stereocenters. The number of halogens is 2. The van der Waals surface area contributed by atoms with Crippen LogP contribution in [-0.2, 0) is 0 Å². The van der Waals surface area contributed by atoms with E-state index in [0.29, 0.717) is 22.0 Å². The van der Waals surface area contributed by atoms with E-state index in [1.165, 1.54) is 12.1 Å². The van der Waals surface area contributed by atoms with Gasteiger partial charge in [0, 0.05) is 16.5 Å². The number of Topliss-reactive ketones (excluding diaryl/α,β-unsaturated/α-hetero) is 1. The van der Waals surface area contributed by atoms with Gasteiger partial charge in [0.15, 0.2) is 5.78 Å². The Morgan fingerprint density at radius 1 is 1.54 bits per heavy atom. The Kier molecular flexibility index (Phi) is 3.20. The van der Waals surface area contributed by atoms with Gasteiger partial charge >= 0.3 is 0 Å². The lowest BCUT2D eigenvalue weighted by Gasteiger charge is -2.05. The maximum atomic E-state index is 12.8. The highest BCUT2D eigenvalue weighted by Crippen LogP contribution is 2.23. The summed E-state index contributed by atoms with van der Waals surface area (Å²) in [5.74, 6) is -0.290. The molecule has 70 valence electrons. The van der Waals surface area contributed by atoms with Crippen LogP contribution in [0.25, 0.3) is 0 Å². The first-order valence-electron chi connectivity index (χ1n) is 4.05. The van der Waals surface area contributed by atoms with Gasteiger partial charge in [-0.15, -0.1) is 0 Å². The zero-order valence-corrected chi connectivity index (χ0v) is 9.11. The molecule has 1 rings (SSSR count). The standard InChI is InChI=1S/C10H10BrFO/c1-3-9(13)10-6(2)4-7(12)5-8(10)11/h4-5H,3H2,1-2H3. The van der Waals surface area contributed by atoms with Crippen LogP contribution < -0.4 is 0 Å². The quantitative estimate of drug-likeness (QED) is 0.729. The SMILES string of the molecule is CCC(=O)c1c(C)cc(F)cc1Br. The van der Waals surface area contributed by atoms with Gasteiger partial charge in [0.2, 0.25) is 0 Å². The van der Waals surface area contributed by atoms with E-state index in [-0.39, 0.29) is 11.6 Å². The molecule has 0 saturated heterocycles. The summed E-state index contributed by atoms with van der Waals surface area (Å²) in [6.07, 6.45) is 0.436. The van der Waals surface area contributed by atoms with Crippen LogP contribution >= 0.6 is 15.9 Å². The van der Waals surface area contributed by atoms with Crippen LogP contribution in [0, 0.1) is 12.7 Å².